The maximum absolute atomic E-state index is 12.0. The summed E-state index contributed by atoms with van der Waals surface area (Å²) >= 11 is 6.46. The standard InChI is InChI=1S/C14H9Br2NO4/c15-10-4-1-3-9(7-10)13(18)8-21-14-11(16)5-2-6-12(14)17(19)20/h1-7H,8H2. The Kier molecular flexibility index (Phi) is 5.08. The van der Waals surface area contributed by atoms with Gasteiger partial charge in [-0.15, -0.1) is 0 Å². The SMILES string of the molecule is O=C(COc1c(Br)cccc1[N+](=O)[O-])c1cccc(Br)c1. The molecule has 0 amide bonds. The van der Waals surface area contributed by atoms with E-state index in [1.165, 1.54) is 12.1 Å². The molecule has 0 fully saturated rings. The van der Waals surface area contributed by atoms with Crippen molar-refractivity contribution in [3.63, 3.8) is 0 Å². The van der Waals surface area contributed by atoms with Gasteiger partial charge in [-0.05, 0) is 34.1 Å². The van der Waals surface area contributed by atoms with Gasteiger partial charge in [-0.3, -0.25) is 14.9 Å². The Morgan fingerprint density at radius 3 is 2.57 bits per heavy atom. The molecule has 0 heterocycles. The fourth-order valence-electron chi connectivity index (χ4n) is 1.67. The van der Waals surface area contributed by atoms with E-state index < -0.39 is 4.92 Å². The van der Waals surface area contributed by atoms with Crippen molar-refractivity contribution in [2.45, 2.75) is 0 Å². The number of nitro benzene ring substituents is 1. The number of Topliss-reactive ketones (excluding diaryl/α,β-unsaturated/α-hetero) is 1. The highest BCUT2D eigenvalue weighted by atomic mass is 79.9. The molecule has 0 bridgehead atoms. The highest BCUT2D eigenvalue weighted by molar-refractivity contribution is 9.10. The lowest BCUT2D eigenvalue weighted by atomic mass is 10.1. The molecule has 0 aromatic heterocycles. The number of carbonyl (C=O) groups is 1. The second-order valence-corrected chi connectivity index (χ2v) is 5.84. The van der Waals surface area contributed by atoms with Crippen molar-refractivity contribution in [2.24, 2.45) is 0 Å². The second kappa shape index (κ2) is 6.82. The van der Waals surface area contributed by atoms with Gasteiger partial charge in [0.05, 0.1) is 9.40 Å². The summed E-state index contributed by atoms with van der Waals surface area (Å²) in [6.45, 7) is -0.278. The molecule has 0 atom stereocenters. The molecule has 108 valence electrons. The molecule has 21 heavy (non-hydrogen) atoms. The van der Waals surface area contributed by atoms with Crippen LogP contribution in [0, 0.1) is 10.1 Å². The summed E-state index contributed by atoms with van der Waals surface area (Å²) in [4.78, 5) is 22.4. The zero-order chi connectivity index (χ0) is 15.4. The monoisotopic (exact) mass is 413 g/mol. The Balaban J connectivity index is 2.17. The molecule has 0 radical (unpaired) electrons. The Hall–Kier alpha value is -1.73. The molecular weight excluding hydrogens is 406 g/mol. The average molecular weight is 415 g/mol. The summed E-state index contributed by atoms with van der Waals surface area (Å²) in [6.07, 6.45) is 0. The molecule has 0 aliphatic heterocycles. The summed E-state index contributed by atoms with van der Waals surface area (Å²) in [5.74, 6) is -0.216. The highest BCUT2D eigenvalue weighted by Crippen LogP contribution is 2.34. The minimum absolute atomic E-state index is 0.0471. The molecular formula is C14H9Br2NO4. The third-order valence-corrected chi connectivity index (χ3v) is 3.75. The Morgan fingerprint density at radius 1 is 1.19 bits per heavy atom. The minimum atomic E-state index is -0.552. The number of nitrogens with zero attached hydrogens (tertiary/aromatic N) is 1. The summed E-state index contributed by atoms with van der Waals surface area (Å²) in [5.41, 5.74) is 0.283. The molecule has 0 unspecified atom stereocenters. The molecule has 0 saturated heterocycles. The second-order valence-electron chi connectivity index (χ2n) is 4.07. The first-order chi connectivity index (χ1) is 9.99. The van der Waals surface area contributed by atoms with Crippen LogP contribution >= 0.6 is 31.9 Å². The van der Waals surface area contributed by atoms with Gasteiger partial charge < -0.3 is 4.74 Å². The number of halogens is 2. The van der Waals surface area contributed by atoms with E-state index in [0.717, 1.165) is 4.47 Å². The fraction of sp³-hybridized carbons (Fsp3) is 0.0714. The normalized spacial score (nSPS) is 10.2. The molecule has 2 aromatic carbocycles. The maximum atomic E-state index is 12.0. The predicted molar refractivity (Wildman–Crippen MR) is 84.8 cm³/mol. The van der Waals surface area contributed by atoms with E-state index in [0.29, 0.717) is 10.0 Å². The van der Waals surface area contributed by atoms with E-state index in [1.807, 2.05) is 0 Å². The van der Waals surface area contributed by atoms with Crippen molar-refractivity contribution < 1.29 is 14.5 Å². The largest absolute Gasteiger partial charge is 0.478 e. The lowest BCUT2D eigenvalue weighted by Gasteiger charge is -2.08. The molecule has 0 aliphatic rings. The molecule has 0 aliphatic carbocycles. The summed E-state index contributed by atoms with van der Waals surface area (Å²) < 4.78 is 6.54. The number of hydrogen-bond donors (Lipinski definition) is 0. The van der Waals surface area contributed by atoms with Crippen molar-refractivity contribution in [3.8, 4) is 5.75 Å². The topological polar surface area (TPSA) is 69.4 Å². The smallest absolute Gasteiger partial charge is 0.312 e. The molecule has 0 N–H and O–H groups in total. The van der Waals surface area contributed by atoms with Crippen molar-refractivity contribution in [1.29, 1.82) is 0 Å². The number of carbonyl (C=O) groups excluding carboxylic acids is 1. The van der Waals surface area contributed by atoms with E-state index in [4.69, 9.17) is 4.74 Å². The number of rotatable bonds is 5. The molecule has 0 spiro atoms. The Morgan fingerprint density at radius 2 is 1.90 bits per heavy atom. The van der Waals surface area contributed by atoms with Gasteiger partial charge in [0.1, 0.15) is 0 Å². The van der Waals surface area contributed by atoms with E-state index in [-0.39, 0.29) is 23.8 Å². The molecule has 2 aromatic rings. The average Bonchev–Trinajstić information content (AvgIpc) is 2.45. The van der Waals surface area contributed by atoms with Crippen LogP contribution in [0.3, 0.4) is 0 Å². The molecule has 2 rings (SSSR count). The van der Waals surface area contributed by atoms with Crippen LogP contribution < -0.4 is 4.74 Å². The summed E-state index contributed by atoms with van der Waals surface area (Å²) in [5, 5.41) is 10.9. The number of nitro groups is 1. The van der Waals surface area contributed by atoms with E-state index in [2.05, 4.69) is 31.9 Å². The van der Waals surface area contributed by atoms with Gasteiger partial charge in [-0.2, -0.15) is 0 Å². The van der Waals surface area contributed by atoms with Gasteiger partial charge in [-0.1, -0.05) is 34.1 Å². The van der Waals surface area contributed by atoms with Crippen LogP contribution in [-0.2, 0) is 0 Å². The van der Waals surface area contributed by atoms with E-state index in [9.17, 15) is 14.9 Å². The Labute approximate surface area is 137 Å². The number of para-hydroxylation sites is 1. The van der Waals surface area contributed by atoms with Gasteiger partial charge in [0.25, 0.3) is 0 Å². The van der Waals surface area contributed by atoms with Gasteiger partial charge in [0, 0.05) is 16.1 Å². The lowest BCUT2D eigenvalue weighted by molar-refractivity contribution is -0.385. The first-order valence-corrected chi connectivity index (χ1v) is 7.42. The van der Waals surface area contributed by atoms with Gasteiger partial charge in [0.2, 0.25) is 5.75 Å². The van der Waals surface area contributed by atoms with Crippen LogP contribution in [0.25, 0.3) is 0 Å². The van der Waals surface area contributed by atoms with Crippen LogP contribution in [-0.4, -0.2) is 17.3 Å². The zero-order valence-corrected chi connectivity index (χ0v) is 13.8. The fourth-order valence-corrected chi connectivity index (χ4v) is 2.54. The minimum Gasteiger partial charge on any atom is -0.478 e. The number of ketones is 1. The van der Waals surface area contributed by atoms with Gasteiger partial charge in [0.15, 0.2) is 12.4 Å². The summed E-state index contributed by atoms with van der Waals surface area (Å²) in [7, 11) is 0. The van der Waals surface area contributed by atoms with Crippen LogP contribution in [0.1, 0.15) is 10.4 Å². The highest BCUT2D eigenvalue weighted by Gasteiger charge is 2.19. The van der Waals surface area contributed by atoms with Crippen molar-refractivity contribution in [1.82, 2.24) is 0 Å². The number of benzene rings is 2. The predicted octanol–water partition coefficient (Wildman–Crippen LogP) is 4.38. The summed E-state index contributed by atoms with van der Waals surface area (Å²) in [6, 6.07) is 11.3. The number of hydrogen-bond acceptors (Lipinski definition) is 4. The van der Waals surface area contributed by atoms with Crippen LogP contribution in [0.2, 0.25) is 0 Å². The number of ether oxygens (including phenoxy) is 1. The molecule has 7 heteroatoms. The van der Waals surface area contributed by atoms with Crippen molar-refractivity contribution in [2.75, 3.05) is 6.61 Å². The third-order valence-electron chi connectivity index (χ3n) is 2.64. The van der Waals surface area contributed by atoms with Gasteiger partial charge >= 0.3 is 5.69 Å². The van der Waals surface area contributed by atoms with Crippen LogP contribution in [0.15, 0.2) is 51.4 Å². The first kappa shape index (κ1) is 15.7. The maximum Gasteiger partial charge on any atom is 0.312 e. The lowest BCUT2D eigenvalue weighted by Crippen LogP contribution is -2.12. The van der Waals surface area contributed by atoms with Gasteiger partial charge in [-0.25, -0.2) is 0 Å². The molecule has 0 saturated carbocycles. The van der Waals surface area contributed by atoms with Crippen LogP contribution in [0.4, 0.5) is 5.69 Å². The van der Waals surface area contributed by atoms with Crippen LogP contribution in [0.5, 0.6) is 5.75 Å². The third kappa shape index (κ3) is 3.89. The first-order valence-electron chi connectivity index (χ1n) is 5.83. The van der Waals surface area contributed by atoms with E-state index in [1.54, 1.807) is 30.3 Å². The van der Waals surface area contributed by atoms with Crippen molar-refractivity contribution in [3.05, 3.63) is 67.1 Å². The van der Waals surface area contributed by atoms with Crippen molar-refractivity contribution >= 4 is 43.3 Å². The molecule has 5 nitrogen and oxygen atoms in total. The quantitative estimate of drug-likeness (QED) is 0.413. The zero-order valence-electron chi connectivity index (χ0n) is 10.6. The Bertz CT molecular complexity index is 703. The van der Waals surface area contributed by atoms with E-state index >= 15 is 0 Å².